The Labute approximate surface area is 122 Å². The first-order chi connectivity index (χ1) is 10.0. The minimum Gasteiger partial charge on any atom is -0.497 e. The highest BCUT2D eigenvalue weighted by Crippen LogP contribution is 2.30. The van der Waals surface area contributed by atoms with E-state index in [2.05, 4.69) is 5.32 Å². The lowest BCUT2D eigenvalue weighted by Crippen LogP contribution is -2.01. The number of methoxy groups -OCH3 is 2. The molecule has 0 fully saturated rings. The Morgan fingerprint density at radius 1 is 1.10 bits per heavy atom. The van der Waals surface area contributed by atoms with Gasteiger partial charge in [-0.05, 0) is 18.2 Å². The van der Waals surface area contributed by atoms with Gasteiger partial charge in [-0.1, -0.05) is 0 Å². The van der Waals surface area contributed by atoms with Gasteiger partial charge in [0.05, 0.1) is 31.2 Å². The van der Waals surface area contributed by atoms with Crippen molar-refractivity contribution in [3.8, 4) is 11.5 Å². The Balaban J connectivity index is 2.31. The zero-order valence-corrected chi connectivity index (χ0v) is 11.7. The summed E-state index contributed by atoms with van der Waals surface area (Å²) < 4.78 is 10.4. The van der Waals surface area contributed by atoms with Gasteiger partial charge in [0.1, 0.15) is 11.5 Å². The van der Waals surface area contributed by atoms with Gasteiger partial charge in [-0.2, -0.15) is 0 Å². The smallest absolute Gasteiger partial charge is 0.335 e. The molecule has 2 aromatic carbocycles. The van der Waals surface area contributed by atoms with Gasteiger partial charge in [0.15, 0.2) is 0 Å². The molecule has 0 heterocycles. The molecule has 0 unspecified atom stereocenters. The predicted octanol–water partition coefficient (Wildman–Crippen LogP) is 2.73. The van der Waals surface area contributed by atoms with Crippen LogP contribution in [0.1, 0.15) is 10.4 Å². The van der Waals surface area contributed by atoms with Crippen LogP contribution in [0.3, 0.4) is 0 Å². The van der Waals surface area contributed by atoms with E-state index in [1.165, 1.54) is 12.1 Å². The van der Waals surface area contributed by atoms with Gasteiger partial charge in [0, 0.05) is 23.9 Å². The van der Waals surface area contributed by atoms with E-state index in [1.54, 1.807) is 38.5 Å². The Bertz CT molecular complexity index is 648. The standard InChI is InChI=1S/C15H16N2O4/c1-20-11-6-10(7-12(8-11)21-2)17-14-4-3-9(15(18)19)5-13(14)16/h3-8,17H,16H2,1-2H3,(H,18,19). The average Bonchev–Trinajstić information content (AvgIpc) is 2.48. The summed E-state index contributed by atoms with van der Waals surface area (Å²) in [5.74, 6) is 0.256. The van der Waals surface area contributed by atoms with Crippen molar-refractivity contribution in [3.63, 3.8) is 0 Å². The molecule has 110 valence electrons. The number of anilines is 3. The highest BCUT2D eigenvalue weighted by molar-refractivity contribution is 5.90. The van der Waals surface area contributed by atoms with E-state index in [4.69, 9.17) is 20.3 Å². The molecule has 0 saturated carbocycles. The molecule has 2 aromatic rings. The summed E-state index contributed by atoms with van der Waals surface area (Å²) in [6, 6.07) is 9.83. The lowest BCUT2D eigenvalue weighted by Gasteiger charge is -2.12. The van der Waals surface area contributed by atoms with Crippen LogP contribution in [-0.4, -0.2) is 25.3 Å². The van der Waals surface area contributed by atoms with Crippen LogP contribution in [0.15, 0.2) is 36.4 Å². The number of ether oxygens (including phenoxy) is 2. The number of benzene rings is 2. The maximum Gasteiger partial charge on any atom is 0.335 e. The molecular weight excluding hydrogens is 272 g/mol. The van der Waals surface area contributed by atoms with E-state index >= 15 is 0 Å². The minimum absolute atomic E-state index is 0.140. The van der Waals surface area contributed by atoms with Crippen LogP contribution < -0.4 is 20.5 Å². The van der Waals surface area contributed by atoms with Crippen molar-refractivity contribution in [3.05, 3.63) is 42.0 Å². The molecule has 6 nitrogen and oxygen atoms in total. The second-order valence-electron chi connectivity index (χ2n) is 4.33. The first-order valence-electron chi connectivity index (χ1n) is 6.16. The monoisotopic (exact) mass is 288 g/mol. The van der Waals surface area contributed by atoms with Gasteiger partial charge < -0.3 is 25.6 Å². The maximum absolute atomic E-state index is 10.9. The van der Waals surface area contributed by atoms with Crippen LogP contribution in [0.2, 0.25) is 0 Å². The Morgan fingerprint density at radius 2 is 1.71 bits per heavy atom. The molecule has 0 amide bonds. The molecule has 0 atom stereocenters. The summed E-state index contributed by atoms with van der Waals surface area (Å²) in [4.78, 5) is 10.9. The summed E-state index contributed by atoms with van der Waals surface area (Å²) in [6.45, 7) is 0. The third-order valence-corrected chi connectivity index (χ3v) is 2.93. The Morgan fingerprint density at radius 3 is 2.19 bits per heavy atom. The number of hydrogen-bond donors (Lipinski definition) is 3. The van der Waals surface area contributed by atoms with Gasteiger partial charge in [-0.3, -0.25) is 0 Å². The number of carbonyl (C=O) groups is 1. The van der Waals surface area contributed by atoms with Gasteiger partial charge in [0.25, 0.3) is 0 Å². The van der Waals surface area contributed by atoms with Crippen molar-refractivity contribution < 1.29 is 19.4 Å². The molecule has 0 bridgehead atoms. The van der Waals surface area contributed by atoms with Crippen LogP contribution in [-0.2, 0) is 0 Å². The molecule has 0 aliphatic carbocycles. The number of nitrogens with one attached hydrogen (secondary N) is 1. The predicted molar refractivity (Wildman–Crippen MR) is 80.6 cm³/mol. The van der Waals surface area contributed by atoms with Crippen molar-refractivity contribution in [2.45, 2.75) is 0 Å². The molecule has 0 aliphatic heterocycles. The number of nitrogens with two attached hydrogens (primary N) is 1. The van der Waals surface area contributed by atoms with Crippen molar-refractivity contribution in [2.75, 3.05) is 25.3 Å². The molecule has 0 aromatic heterocycles. The van der Waals surface area contributed by atoms with Crippen molar-refractivity contribution >= 4 is 23.0 Å². The molecule has 21 heavy (non-hydrogen) atoms. The molecular formula is C15H16N2O4. The van der Waals surface area contributed by atoms with Crippen molar-refractivity contribution in [1.29, 1.82) is 0 Å². The van der Waals surface area contributed by atoms with Crippen LogP contribution in [0.4, 0.5) is 17.1 Å². The largest absolute Gasteiger partial charge is 0.497 e. The summed E-state index contributed by atoms with van der Waals surface area (Å²) >= 11 is 0. The fourth-order valence-electron chi connectivity index (χ4n) is 1.84. The van der Waals surface area contributed by atoms with Crippen LogP contribution in [0.5, 0.6) is 11.5 Å². The summed E-state index contributed by atoms with van der Waals surface area (Å²) in [5.41, 5.74) is 7.67. The Kier molecular flexibility index (Phi) is 4.18. The SMILES string of the molecule is COc1cc(Nc2ccc(C(=O)O)cc2N)cc(OC)c1. The lowest BCUT2D eigenvalue weighted by molar-refractivity contribution is 0.0697. The molecule has 2 rings (SSSR count). The van der Waals surface area contributed by atoms with E-state index in [1.807, 2.05) is 0 Å². The molecule has 0 spiro atoms. The van der Waals surface area contributed by atoms with E-state index in [-0.39, 0.29) is 5.56 Å². The normalized spacial score (nSPS) is 10.0. The second kappa shape index (κ2) is 6.04. The van der Waals surface area contributed by atoms with Crippen LogP contribution in [0, 0.1) is 0 Å². The summed E-state index contributed by atoms with van der Waals surface area (Å²) in [6.07, 6.45) is 0. The first kappa shape index (κ1) is 14.5. The number of aromatic carboxylic acids is 1. The molecule has 4 N–H and O–H groups in total. The number of hydrogen-bond acceptors (Lipinski definition) is 5. The Hall–Kier alpha value is -2.89. The first-order valence-corrected chi connectivity index (χ1v) is 6.16. The minimum atomic E-state index is -1.02. The van der Waals surface area contributed by atoms with E-state index < -0.39 is 5.97 Å². The van der Waals surface area contributed by atoms with E-state index in [0.717, 1.165) is 5.69 Å². The van der Waals surface area contributed by atoms with Crippen LogP contribution in [0.25, 0.3) is 0 Å². The molecule has 6 heteroatoms. The maximum atomic E-state index is 10.9. The number of nitrogen functional groups attached to an aromatic ring is 1. The lowest BCUT2D eigenvalue weighted by atomic mass is 10.1. The van der Waals surface area contributed by atoms with Gasteiger partial charge in [0.2, 0.25) is 0 Å². The van der Waals surface area contributed by atoms with Gasteiger partial charge in [-0.15, -0.1) is 0 Å². The summed E-state index contributed by atoms with van der Waals surface area (Å²) in [5, 5.41) is 12.0. The molecule has 0 saturated heterocycles. The summed E-state index contributed by atoms with van der Waals surface area (Å²) in [7, 11) is 3.13. The van der Waals surface area contributed by atoms with E-state index in [9.17, 15) is 4.79 Å². The second-order valence-corrected chi connectivity index (χ2v) is 4.33. The fraction of sp³-hybridized carbons (Fsp3) is 0.133. The number of carboxylic acid groups (broad SMARTS) is 1. The number of carboxylic acids is 1. The highest BCUT2D eigenvalue weighted by Gasteiger charge is 2.08. The van der Waals surface area contributed by atoms with Gasteiger partial charge in [-0.25, -0.2) is 4.79 Å². The third-order valence-electron chi connectivity index (χ3n) is 2.93. The molecule has 0 aliphatic rings. The zero-order chi connectivity index (χ0) is 15.4. The number of rotatable bonds is 5. The zero-order valence-electron chi connectivity index (χ0n) is 11.7. The third kappa shape index (κ3) is 3.36. The average molecular weight is 288 g/mol. The fourth-order valence-corrected chi connectivity index (χ4v) is 1.84. The van der Waals surface area contributed by atoms with Crippen molar-refractivity contribution in [1.82, 2.24) is 0 Å². The van der Waals surface area contributed by atoms with E-state index in [0.29, 0.717) is 22.9 Å². The highest BCUT2D eigenvalue weighted by atomic mass is 16.5. The van der Waals surface area contributed by atoms with Gasteiger partial charge >= 0.3 is 5.97 Å². The van der Waals surface area contributed by atoms with Crippen molar-refractivity contribution in [2.24, 2.45) is 0 Å². The molecule has 0 radical (unpaired) electrons. The topological polar surface area (TPSA) is 93.8 Å². The van der Waals surface area contributed by atoms with Crippen LogP contribution >= 0.6 is 0 Å². The quantitative estimate of drug-likeness (QED) is 0.732.